The highest BCUT2D eigenvalue weighted by molar-refractivity contribution is 6.30. The highest BCUT2D eigenvalue weighted by Gasteiger charge is 2.11. The van der Waals surface area contributed by atoms with E-state index in [1.807, 2.05) is 32.9 Å². The molecule has 0 unspecified atom stereocenters. The lowest BCUT2D eigenvalue weighted by atomic mass is 10.1. The van der Waals surface area contributed by atoms with Crippen LogP contribution in [0.15, 0.2) is 36.4 Å². The van der Waals surface area contributed by atoms with Gasteiger partial charge in [0.25, 0.3) is 0 Å². The average Bonchev–Trinajstić information content (AvgIpc) is 2.32. The van der Waals surface area contributed by atoms with Crippen LogP contribution in [0.5, 0.6) is 11.6 Å². The van der Waals surface area contributed by atoms with Gasteiger partial charge in [-0.2, -0.15) is 4.98 Å². The molecular formula is C15H16ClFN2O. The molecule has 0 bridgehead atoms. The number of rotatable bonds is 3. The van der Waals surface area contributed by atoms with Gasteiger partial charge in [0.1, 0.15) is 17.4 Å². The molecule has 106 valence electrons. The molecule has 1 N–H and O–H groups in total. The smallest absolute Gasteiger partial charge is 0.221 e. The van der Waals surface area contributed by atoms with Gasteiger partial charge < -0.3 is 10.1 Å². The van der Waals surface area contributed by atoms with Gasteiger partial charge in [-0.05, 0) is 39.0 Å². The van der Waals surface area contributed by atoms with Crippen molar-refractivity contribution in [2.75, 3.05) is 5.32 Å². The van der Waals surface area contributed by atoms with E-state index in [2.05, 4.69) is 10.3 Å². The lowest BCUT2D eigenvalue weighted by molar-refractivity contribution is 0.458. The number of benzene rings is 1. The molecule has 0 aliphatic heterocycles. The summed E-state index contributed by atoms with van der Waals surface area (Å²) >= 11 is 5.63. The Balaban J connectivity index is 2.17. The minimum Gasteiger partial charge on any atom is -0.439 e. The molecule has 0 atom stereocenters. The van der Waals surface area contributed by atoms with E-state index in [-0.39, 0.29) is 10.6 Å². The van der Waals surface area contributed by atoms with Gasteiger partial charge in [0.2, 0.25) is 5.88 Å². The van der Waals surface area contributed by atoms with Crippen molar-refractivity contribution in [3.05, 3.63) is 47.2 Å². The van der Waals surface area contributed by atoms with Gasteiger partial charge in [0.15, 0.2) is 0 Å². The van der Waals surface area contributed by atoms with E-state index < -0.39 is 5.82 Å². The van der Waals surface area contributed by atoms with Crippen LogP contribution in [0.2, 0.25) is 5.02 Å². The van der Waals surface area contributed by atoms with Crippen molar-refractivity contribution < 1.29 is 9.13 Å². The topological polar surface area (TPSA) is 34.1 Å². The van der Waals surface area contributed by atoms with Crippen LogP contribution in [0.25, 0.3) is 0 Å². The summed E-state index contributed by atoms with van der Waals surface area (Å²) in [7, 11) is 0. The fourth-order valence-corrected chi connectivity index (χ4v) is 1.70. The van der Waals surface area contributed by atoms with Gasteiger partial charge in [0.05, 0.1) is 5.02 Å². The largest absolute Gasteiger partial charge is 0.439 e. The third-order valence-electron chi connectivity index (χ3n) is 2.34. The fourth-order valence-electron chi connectivity index (χ4n) is 1.59. The summed E-state index contributed by atoms with van der Waals surface area (Å²) in [5.74, 6) is 0.922. The third kappa shape index (κ3) is 4.10. The number of nitrogens with one attached hydrogen (secondary N) is 1. The summed E-state index contributed by atoms with van der Waals surface area (Å²) in [6.07, 6.45) is 0. The van der Waals surface area contributed by atoms with Gasteiger partial charge >= 0.3 is 0 Å². The predicted molar refractivity (Wildman–Crippen MR) is 79.1 cm³/mol. The quantitative estimate of drug-likeness (QED) is 0.876. The van der Waals surface area contributed by atoms with Gasteiger partial charge in [0, 0.05) is 17.7 Å². The Hall–Kier alpha value is -1.81. The number of pyridine rings is 1. The molecule has 3 nitrogen and oxygen atoms in total. The van der Waals surface area contributed by atoms with Crippen LogP contribution < -0.4 is 10.1 Å². The Kier molecular flexibility index (Phi) is 4.14. The first-order chi connectivity index (χ1) is 9.33. The number of hydrogen-bond acceptors (Lipinski definition) is 3. The van der Waals surface area contributed by atoms with Crippen LogP contribution in [-0.4, -0.2) is 10.5 Å². The first-order valence-electron chi connectivity index (χ1n) is 6.22. The van der Waals surface area contributed by atoms with Gasteiger partial charge in [-0.15, -0.1) is 0 Å². The first-order valence-corrected chi connectivity index (χ1v) is 6.59. The molecule has 20 heavy (non-hydrogen) atoms. The number of ether oxygens (including phenoxy) is 1. The normalized spacial score (nSPS) is 11.2. The van der Waals surface area contributed by atoms with E-state index in [1.165, 1.54) is 12.1 Å². The second kappa shape index (κ2) is 5.67. The fraction of sp³-hybridized carbons (Fsp3) is 0.267. The summed E-state index contributed by atoms with van der Waals surface area (Å²) in [6.45, 7) is 6.12. The molecule has 5 heteroatoms. The summed E-state index contributed by atoms with van der Waals surface area (Å²) in [4.78, 5) is 4.32. The number of anilines is 1. The van der Waals surface area contributed by atoms with E-state index in [4.69, 9.17) is 16.3 Å². The summed E-state index contributed by atoms with van der Waals surface area (Å²) in [6, 6.07) is 9.65. The molecule has 2 rings (SSSR count). The number of hydrogen-bond donors (Lipinski definition) is 1. The molecule has 1 heterocycles. The summed E-state index contributed by atoms with van der Waals surface area (Å²) < 4.78 is 18.9. The second-order valence-electron chi connectivity index (χ2n) is 5.41. The monoisotopic (exact) mass is 294 g/mol. The van der Waals surface area contributed by atoms with Crippen molar-refractivity contribution in [3.63, 3.8) is 0 Å². The van der Waals surface area contributed by atoms with Gasteiger partial charge in [-0.25, -0.2) is 4.39 Å². The maximum Gasteiger partial charge on any atom is 0.221 e. The standard InChI is InChI=1S/C15H16ClFN2O/c1-15(2,3)19-13-5-4-6-14(18-13)20-10-7-8-11(16)12(17)9-10/h4-9H,1-3H3,(H,18,19). The maximum absolute atomic E-state index is 13.3. The van der Waals surface area contributed by atoms with E-state index in [1.54, 1.807) is 12.1 Å². The van der Waals surface area contributed by atoms with Crippen molar-refractivity contribution in [1.29, 1.82) is 0 Å². The molecule has 0 aliphatic carbocycles. The molecule has 1 aromatic heterocycles. The minimum atomic E-state index is -0.520. The number of nitrogens with zero attached hydrogens (tertiary/aromatic N) is 1. The van der Waals surface area contributed by atoms with Crippen molar-refractivity contribution in [2.24, 2.45) is 0 Å². The Labute approximate surface area is 122 Å². The molecule has 0 saturated carbocycles. The SMILES string of the molecule is CC(C)(C)Nc1cccc(Oc2ccc(Cl)c(F)c2)n1. The van der Waals surface area contributed by atoms with Crippen LogP contribution in [0.4, 0.5) is 10.2 Å². The van der Waals surface area contributed by atoms with Crippen LogP contribution in [0.1, 0.15) is 20.8 Å². The highest BCUT2D eigenvalue weighted by atomic mass is 35.5. The molecule has 0 spiro atoms. The van der Waals surface area contributed by atoms with Crippen molar-refractivity contribution in [3.8, 4) is 11.6 Å². The minimum absolute atomic E-state index is 0.0634. The maximum atomic E-state index is 13.3. The van der Waals surface area contributed by atoms with Crippen LogP contribution >= 0.6 is 11.6 Å². The zero-order valence-corrected chi connectivity index (χ0v) is 12.3. The van der Waals surface area contributed by atoms with Crippen molar-refractivity contribution in [1.82, 2.24) is 4.98 Å². The molecular weight excluding hydrogens is 279 g/mol. The predicted octanol–water partition coefficient (Wildman–Crippen LogP) is 4.88. The third-order valence-corrected chi connectivity index (χ3v) is 2.65. The molecule has 0 amide bonds. The molecule has 0 fully saturated rings. The van der Waals surface area contributed by atoms with E-state index in [0.29, 0.717) is 17.4 Å². The van der Waals surface area contributed by atoms with Crippen LogP contribution in [0.3, 0.4) is 0 Å². The lowest BCUT2D eigenvalue weighted by Crippen LogP contribution is -2.26. The van der Waals surface area contributed by atoms with E-state index >= 15 is 0 Å². The van der Waals surface area contributed by atoms with Crippen LogP contribution in [0, 0.1) is 5.82 Å². The molecule has 1 aromatic carbocycles. The first kappa shape index (κ1) is 14.6. The molecule has 0 saturated heterocycles. The summed E-state index contributed by atoms with van der Waals surface area (Å²) in [5, 5.41) is 3.30. The Morgan fingerprint density at radius 1 is 1.20 bits per heavy atom. The summed E-state index contributed by atoms with van der Waals surface area (Å²) in [5.41, 5.74) is -0.0992. The van der Waals surface area contributed by atoms with E-state index in [0.717, 1.165) is 0 Å². The van der Waals surface area contributed by atoms with Crippen molar-refractivity contribution >= 4 is 17.4 Å². The second-order valence-corrected chi connectivity index (χ2v) is 5.82. The average molecular weight is 295 g/mol. The molecule has 0 radical (unpaired) electrons. The van der Waals surface area contributed by atoms with Gasteiger partial charge in [-0.1, -0.05) is 17.7 Å². The highest BCUT2D eigenvalue weighted by Crippen LogP contribution is 2.25. The lowest BCUT2D eigenvalue weighted by Gasteiger charge is -2.21. The zero-order chi connectivity index (χ0) is 14.8. The van der Waals surface area contributed by atoms with Crippen molar-refractivity contribution in [2.45, 2.75) is 26.3 Å². The number of halogens is 2. The molecule has 2 aromatic rings. The Bertz CT molecular complexity index is 611. The Morgan fingerprint density at radius 2 is 1.95 bits per heavy atom. The molecule has 0 aliphatic rings. The Morgan fingerprint density at radius 3 is 2.60 bits per heavy atom. The van der Waals surface area contributed by atoms with Gasteiger partial charge in [-0.3, -0.25) is 0 Å². The zero-order valence-electron chi connectivity index (χ0n) is 11.6. The van der Waals surface area contributed by atoms with E-state index in [9.17, 15) is 4.39 Å². The number of aromatic nitrogens is 1. The van der Waals surface area contributed by atoms with Crippen LogP contribution in [-0.2, 0) is 0 Å².